The summed E-state index contributed by atoms with van der Waals surface area (Å²) in [6.07, 6.45) is 4.42. The first-order chi connectivity index (χ1) is 9.40. The van der Waals surface area contributed by atoms with Gasteiger partial charge in [-0.05, 0) is 59.7 Å². The van der Waals surface area contributed by atoms with Gasteiger partial charge in [-0.2, -0.15) is 0 Å². The summed E-state index contributed by atoms with van der Waals surface area (Å²) in [5.74, 6) is 0. The molecule has 0 spiro atoms. The van der Waals surface area contributed by atoms with E-state index in [1.54, 1.807) is 0 Å². The van der Waals surface area contributed by atoms with Crippen molar-refractivity contribution in [2.24, 2.45) is 0 Å². The summed E-state index contributed by atoms with van der Waals surface area (Å²) >= 11 is 0. The number of H-pyrrole nitrogens is 1. The van der Waals surface area contributed by atoms with Crippen LogP contribution in [0.2, 0.25) is 0 Å². The van der Waals surface area contributed by atoms with Crippen molar-refractivity contribution in [2.45, 2.75) is 25.7 Å². The zero-order chi connectivity index (χ0) is 12.7. The van der Waals surface area contributed by atoms with E-state index in [0.717, 1.165) is 25.7 Å². The molecular formula is C18H17N. The van der Waals surface area contributed by atoms with Gasteiger partial charge in [0.15, 0.2) is 0 Å². The van der Waals surface area contributed by atoms with E-state index < -0.39 is 0 Å². The third-order valence-corrected chi connectivity index (χ3v) is 4.24. The van der Waals surface area contributed by atoms with Gasteiger partial charge in [0.2, 0.25) is 0 Å². The standard InChI is InChI=1S/C18H17N/c1-2-4-18-14-6-5-13(17(18)3-1)7-9-15-11-12-16(19-15)10-8-14/h1-6,11-12,19H,7-10H2. The molecule has 1 N–H and O–H groups in total. The van der Waals surface area contributed by atoms with E-state index in [-0.39, 0.29) is 0 Å². The largest absolute Gasteiger partial charge is 0.362 e. The van der Waals surface area contributed by atoms with Crippen molar-refractivity contribution in [1.82, 2.24) is 4.98 Å². The number of nitrogens with one attached hydrogen (secondary N) is 1. The average molecular weight is 247 g/mol. The Bertz CT molecular complexity index is 675. The Hall–Kier alpha value is -2.02. The fraction of sp³-hybridized carbons (Fsp3) is 0.222. The molecule has 0 saturated carbocycles. The van der Waals surface area contributed by atoms with Crippen molar-refractivity contribution in [3.05, 3.63) is 71.0 Å². The highest BCUT2D eigenvalue weighted by Crippen LogP contribution is 2.26. The summed E-state index contributed by atoms with van der Waals surface area (Å²) in [6.45, 7) is 0. The Morgan fingerprint density at radius 3 is 1.63 bits per heavy atom. The summed E-state index contributed by atoms with van der Waals surface area (Å²) in [6, 6.07) is 18.0. The molecule has 2 aliphatic heterocycles. The molecule has 2 aromatic carbocycles. The van der Waals surface area contributed by atoms with Gasteiger partial charge in [-0.3, -0.25) is 0 Å². The molecule has 5 rings (SSSR count). The molecule has 0 saturated heterocycles. The summed E-state index contributed by atoms with van der Waals surface area (Å²) in [5, 5.41) is 2.87. The van der Waals surface area contributed by atoms with Gasteiger partial charge in [-0.15, -0.1) is 0 Å². The number of aromatic nitrogens is 1. The third-order valence-electron chi connectivity index (χ3n) is 4.24. The summed E-state index contributed by atoms with van der Waals surface area (Å²) in [5.41, 5.74) is 5.67. The Labute approximate surface area is 113 Å². The molecule has 1 nitrogen and oxygen atoms in total. The van der Waals surface area contributed by atoms with Crippen LogP contribution < -0.4 is 0 Å². The number of aryl methyl sites for hydroxylation is 4. The molecule has 3 heterocycles. The zero-order valence-corrected chi connectivity index (χ0v) is 10.9. The lowest BCUT2D eigenvalue weighted by molar-refractivity contribution is 0.897. The predicted molar refractivity (Wildman–Crippen MR) is 79.6 cm³/mol. The molecule has 3 aromatic rings. The van der Waals surface area contributed by atoms with Gasteiger partial charge in [-0.25, -0.2) is 0 Å². The van der Waals surface area contributed by atoms with Crippen LogP contribution >= 0.6 is 0 Å². The second-order valence-corrected chi connectivity index (χ2v) is 5.44. The number of fused-ring (bicyclic) bond motifs is 3. The minimum atomic E-state index is 1.10. The lowest BCUT2D eigenvalue weighted by Gasteiger charge is -2.10. The number of benzene rings is 2. The van der Waals surface area contributed by atoms with Crippen LogP contribution in [0.4, 0.5) is 0 Å². The van der Waals surface area contributed by atoms with Gasteiger partial charge in [-0.1, -0.05) is 36.4 Å². The Kier molecular flexibility index (Phi) is 2.44. The maximum absolute atomic E-state index is 3.55. The van der Waals surface area contributed by atoms with Crippen LogP contribution in [0.3, 0.4) is 0 Å². The first kappa shape index (κ1) is 10.9. The second kappa shape index (κ2) is 4.27. The van der Waals surface area contributed by atoms with Crippen molar-refractivity contribution in [3.8, 4) is 0 Å². The van der Waals surface area contributed by atoms with E-state index in [0.29, 0.717) is 0 Å². The van der Waals surface area contributed by atoms with Gasteiger partial charge >= 0.3 is 0 Å². The number of hydrogen-bond donors (Lipinski definition) is 1. The molecule has 1 aromatic heterocycles. The lowest BCUT2D eigenvalue weighted by atomic mass is 9.94. The Morgan fingerprint density at radius 2 is 1.11 bits per heavy atom. The highest BCUT2D eigenvalue weighted by Gasteiger charge is 2.09. The predicted octanol–water partition coefficient (Wildman–Crippen LogP) is 4.05. The smallest absolute Gasteiger partial charge is 0.0152 e. The monoisotopic (exact) mass is 247 g/mol. The second-order valence-electron chi connectivity index (χ2n) is 5.44. The first-order valence-electron chi connectivity index (χ1n) is 7.06. The molecule has 1 heteroatoms. The van der Waals surface area contributed by atoms with Gasteiger partial charge in [0.25, 0.3) is 0 Å². The minimum Gasteiger partial charge on any atom is -0.362 e. The highest BCUT2D eigenvalue weighted by atomic mass is 14.7. The lowest BCUT2D eigenvalue weighted by Crippen LogP contribution is -1.95. The van der Waals surface area contributed by atoms with E-state index in [1.807, 2.05) is 0 Å². The number of hydrogen-bond acceptors (Lipinski definition) is 0. The molecule has 19 heavy (non-hydrogen) atoms. The highest BCUT2D eigenvalue weighted by molar-refractivity contribution is 5.88. The first-order valence-corrected chi connectivity index (χ1v) is 7.06. The fourth-order valence-corrected chi connectivity index (χ4v) is 3.18. The van der Waals surface area contributed by atoms with Crippen LogP contribution in [0.15, 0.2) is 48.5 Å². The van der Waals surface area contributed by atoms with Crippen LogP contribution in [0.5, 0.6) is 0 Å². The Balaban J connectivity index is 1.92. The van der Waals surface area contributed by atoms with Crippen LogP contribution in [0.1, 0.15) is 22.5 Å². The molecular weight excluding hydrogens is 230 g/mol. The molecule has 0 unspecified atom stereocenters. The van der Waals surface area contributed by atoms with Gasteiger partial charge in [0, 0.05) is 11.4 Å². The van der Waals surface area contributed by atoms with Gasteiger partial charge < -0.3 is 4.98 Å². The minimum absolute atomic E-state index is 1.10. The van der Waals surface area contributed by atoms with Crippen LogP contribution in [0.25, 0.3) is 10.8 Å². The van der Waals surface area contributed by atoms with E-state index in [9.17, 15) is 0 Å². The number of aromatic amines is 1. The third kappa shape index (κ3) is 1.86. The quantitative estimate of drug-likeness (QED) is 0.617. The van der Waals surface area contributed by atoms with E-state index in [1.165, 1.54) is 33.3 Å². The molecule has 94 valence electrons. The molecule has 4 bridgehead atoms. The molecule has 0 atom stereocenters. The molecule has 0 aliphatic carbocycles. The maximum atomic E-state index is 3.55. The number of rotatable bonds is 0. The van der Waals surface area contributed by atoms with E-state index in [4.69, 9.17) is 0 Å². The summed E-state index contributed by atoms with van der Waals surface area (Å²) in [4.78, 5) is 3.55. The summed E-state index contributed by atoms with van der Waals surface area (Å²) in [7, 11) is 0. The fourth-order valence-electron chi connectivity index (χ4n) is 3.18. The maximum Gasteiger partial charge on any atom is 0.0152 e. The zero-order valence-electron chi connectivity index (χ0n) is 10.9. The molecule has 0 fully saturated rings. The van der Waals surface area contributed by atoms with Crippen LogP contribution in [-0.4, -0.2) is 4.98 Å². The van der Waals surface area contributed by atoms with Crippen LogP contribution in [0, 0.1) is 0 Å². The van der Waals surface area contributed by atoms with Gasteiger partial charge in [0.05, 0.1) is 0 Å². The van der Waals surface area contributed by atoms with E-state index >= 15 is 0 Å². The van der Waals surface area contributed by atoms with Crippen molar-refractivity contribution >= 4 is 10.8 Å². The van der Waals surface area contributed by atoms with Crippen molar-refractivity contribution in [1.29, 1.82) is 0 Å². The molecule has 2 aliphatic rings. The Morgan fingerprint density at radius 1 is 0.579 bits per heavy atom. The average Bonchev–Trinajstić information content (AvgIpc) is 2.88. The SMILES string of the molecule is c1ccc2c3ccc(c2c1)CCc1ccc([nH]1)CC3. The summed E-state index contributed by atoms with van der Waals surface area (Å²) < 4.78 is 0. The normalized spacial score (nSPS) is 14.5. The molecule has 0 amide bonds. The molecule has 0 radical (unpaired) electrons. The van der Waals surface area contributed by atoms with Crippen molar-refractivity contribution < 1.29 is 0 Å². The van der Waals surface area contributed by atoms with E-state index in [2.05, 4.69) is 53.5 Å². The van der Waals surface area contributed by atoms with Crippen LogP contribution in [-0.2, 0) is 25.7 Å². The van der Waals surface area contributed by atoms with Crippen molar-refractivity contribution in [2.75, 3.05) is 0 Å². The van der Waals surface area contributed by atoms with Crippen molar-refractivity contribution in [3.63, 3.8) is 0 Å². The topological polar surface area (TPSA) is 15.8 Å². The van der Waals surface area contributed by atoms with Gasteiger partial charge in [0.1, 0.15) is 0 Å².